The molecule has 0 unspecified atom stereocenters. The number of nitrogens with zero attached hydrogens (tertiary/aromatic N) is 4. The summed E-state index contributed by atoms with van der Waals surface area (Å²) in [6, 6.07) is 18.0. The van der Waals surface area contributed by atoms with E-state index in [9.17, 15) is 0 Å². The van der Waals surface area contributed by atoms with Crippen molar-refractivity contribution in [2.24, 2.45) is 0 Å². The zero-order chi connectivity index (χ0) is 21.6. The molecular weight excluding hydrogens is 410 g/mol. The molecule has 31 heavy (non-hydrogen) atoms. The van der Waals surface area contributed by atoms with Gasteiger partial charge in [0.15, 0.2) is 0 Å². The highest BCUT2D eigenvalue weighted by molar-refractivity contribution is 6.32. The van der Waals surface area contributed by atoms with Crippen LogP contribution in [0.3, 0.4) is 0 Å². The molecule has 0 amide bonds. The van der Waals surface area contributed by atoms with E-state index in [4.69, 9.17) is 26.3 Å². The molecule has 2 heterocycles. The molecule has 2 aromatic carbocycles. The number of anilines is 2. The van der Waals surface area contributed by atoms with Crippen LogP contribution in [0, 0.1) is 0 Å². The van der Waals surface area contributed by atoms with E-state index in [1.807, 2.05) is 36.4 Å². The maximum atomic E-state index is 6.26. The summed E-state index contributed by atoms with van der Waals surface area (Å²) in [5, 5.41) is 3.96. The van der Waals surface area contributed by atoms with E-state index < -0.39 is 0 Å². The lowest BCUT2D eigenvalue weighted by molar-refractivity contribution is 0.270. The number of benzene rings is 2. The second-order valence-electron chi connectivity index (χ2n) is 7.52. The van der Waals surface area contributed by atoms with Crippen LogP contribution in [-0.4, -0.2) is 54.7 Å². The van der Waals surface area contributed by atoms with Gasteiger partial charge in [-0.25, -0.2) is 9.97 Å². The lowest BCUT2D eigenvalue weighted by atomic mass is 10.1. The van der Waals surface area contributed by atoms with Gasteiger partial charge in [-0.1, -0.05) is 48.9 Å². The molecule has 0 radical (unpaired) electrons. The Morgan fingerprint density at radius 2 is 1.77 bits per heavy atom. The summed E-state index contributed by atoms with van der Waals surface area (Å²) in [6.45, 7) is 7.86. The minimum absolute atomic E-state index is 0.505. The van der Waals surface area contributed by atoms with Crippen LogP contribution in [0.4, 0.5) is 11.5 Å². The van der Waals surface area contributed by atoms with Gasteiger partial charge in [0.05, 0.1) is 24.4 Å². The third-order valence-corrected chi connectivity index (χ3v) is 5.87. The van der Waals surface area contributed by atoms with Crippen molar-refractivity contribution in [3.8, 4) is 17.0 Å². The summed E-state index contributed by atoms with van der Waals surface area (Å²) in [5.74, 6) is 2.39. The summed E-state index contributed by atoms with van der Waals surface area (Å²) in [4.78, 5) is 14.5. The standard InChI is InChI=1S/C24H28ClN5O/c1-3-29-11-13-30(14-12-29)24-16-21(18-7-5-4-6-8-18)27-23(28-24)17-26-19-9-10-22(31-2)20(25)15-19/h4-10,15-16,26H,3,11-14,17H2,1-2H3. The molecule has 162 valence electrons. The fourth-order valence-corrected chi connectivity index (χ4v) is 3.99. The molecule has 6 nitrogen and oxygen atoms in total. The van der Waals surface area contributed by atoms with Crippen molar-refractivity contribution in [2.75, 3.05) is 50.1 Å². The number of piperazine rings is 1. The van der Waals surface area contributed by atoms with E-state index in [-0.39, 0.29) is 0 Å². The van der Waals surface area contributed by atoms with E-state index in [0.29, 0.717) is 17.3 Å². The van der Waals surface area contributed by atoms with Gasteiger partial charge >= 0.3 is 0 Å². The van der Waals surface area contributed by atoms with Gasteiger partial charge in [0.2, 0.25) is 0 Å². The van der Waals surface area contributed by atoms with E-state index in [2.05, 4.69) is 40.2 Å². The molecule has 0 aliphatic carbocycles. The summed E-state index contributed by atoms with van der Waals surface area (Å²) in [7, 11) is 1.61. The third-order valence-electron chi connectivity index (χ3n) is 5.57. The Labute approximate surface area is 188 Å². The van der Waals surface area contributed by atoms with Gasteiger partial charge in [0, 0.05) is 43.5 Å². The molecule has 1 fully saturated rings. The highest BCUT2D eigenvalue weighted by atomic mass is 35.5. The Hall–Kier alpha value is -2.83. The number of ether oxygens (including phenoxy) is 1. The summed E-state index contributed by atoms with van der Waals surface area (Å²) in [5.41, 5.74) is 2.93. The number of aromatic nitrogens is 2. The van der Waals surface area contributed by atoms with E-state index >= 15 is 0 Å². The number of likely N-dealkylation sites (N-methyl/N-ethyl adjacent to an activating group) is 1. The first kappa shape index (κ1) is 21.4. The molecule has 1 aromatic heterocycles. The molecule has 0 bridgehead atoms. The summed E-state index contributed by atoms with van der Waals surface area (Å²) < 4.78 is 5.23. The van der Waals surface area contributed by atoms with Crippen molar-refractivity contribution >= 4 is 23.1 Å². The van der Waals surface area contributed by atoms with Gasteiger partial charge in [0.1, 0.15) is 17.4 Å². The predicted octanol–water partition coefficient (Wildman–Crippen LogP) is 4.56. The molecule has 1 saturated heterocycles. The molecule has 4 rings (SSSR count). The Morgan fingerprint density at radius 1 is 1.00 bits per heavy atom. The monoisotopic (exact) mass is 437 g/mol. The number of hydrogen-bond acceptors (Lipinski definition) is 6. The maximum absolute atomic E-state index is 6.26. The summed E-state index contributed by atoms with van der Waals surface area (Å²) in [6.07, 6.45) is 0. The first-order valence-electron chi connectivity index (χ1n) is 10.6. The van der Waals surface area contributed by atoms with E-state index in [0.717, 1.165) is 61.3 Å². The SMILES string of the molecule is CCN1CCN(c2cc(-c3ccccc3)nc(CNc3ccc(OC)c(Cl)c3)n2)CC1. The van der Waals surface area contributed by atoms with Crippen LogP contribution in [0.1, 0.15) is 12.7 Å². The lowest BCUT2D eigenvalue weighted by Crippen LogP contribution is -2.46. The molecule has 3 aromatic rings. The van der Waals surface area contributed by atoms with Crippen LogP contribution >= 0.6 is 11.6 Å². The second kappa shape index (κ2) is 9.98. The van der Waals surface area contributed by atoms with Crippen molar-refractivity contribution in [3.05, 3.63) is 65.4 Å². The Kier molecular flexibility index (Phi) is 6.89. The summed E-state index contributed by atoms with van der Waals surface area (Å²) >= 11 is 6.26. The number of halogens is 1. The van der Waals surface area contributed by atoms with E-state index in [1.165, 1.54) is 0 Å². The smallest absolute Gasteiger partial charge is 0.150 e. The number of hydrogen-bond donors (Lipinski definition) is 1. The van der Waals surface area contributed by atoms with Crippen molar-refractivity contribution in [1.29, 1.82) is 0 Å². The van der Waals surface area contributed by atoms with Crippen LogP contribution in [0.15, 0.2) is 54.6 Å². The second-order valence-corrected chi connectivity index (χ2v) is 7.93. The highest BCUT2D eigenvalue weighted by Crippen LogP contribution is 2.28. The predicted molar refractivity (Wildman–Crippen MR) is 127 cm³/mol. The zero-order valence-electron chi connectivity index (χ0n) is 18.0. The fourth-order valence-electron chi connectivity index (χ4n) is 3.73. The maximum Gasteiger partial charge on any atom is 0.150 e. The Balaban J connectivity index is 1.58. The fraction of sp³-hybridized carbons (Fsp3) is 0.333. The average molecular weight is 438 g/mol. The molecule has 7 heteroatoms. The molecular formula is C24H28ClN5O. The number of rotatable bonds is 7. The van der Waals surface area contributed by atoms with Crippen LogP contribution in [-0.2, 0) is 6.54 Å². The quantitative estimate of drug-likeness (QED) is 0.584. The van der Waals surface area contributed by atoms with Gasteiger partial charge in [-0.3, -0.25) is 0 Å². The van der Waals surface area contributed by atoms with Gasteiger partial charge in [-0.15, -0.1) is 0 Å². The largest absolute Gasteiger partial charge is 0.495 e. The van der Waals surface area contributed by atoms with Crippen LogP contribution in [0.2, 0.25) is 5.02 Å². The Morgan fingerprint density at radius 3 is 2.45 bits per heavy atom. The van der Waals surface area contributed by atoms with Crippen molar-refractivity contribution in [2.45, 2.75) is 13.5 Å². The topological polar surface area (TPSA) is 53.5 Å². The minimum atomic E-state index is 0.505. The van der Waals surface area contributed by atoms with Crippen LogP contribution in [0.5, 0.6) is 5.75 Å². The van der Waals surface area contributed by atoms with Crippen LogP contribution < -0.4 is 15.0 Å². The number of methoxy groups -OCH3 is 1. The highest BCUT2D eigenvalue weighted by Gasteiger charge is 2.18. The first-order chi connectivity index (χ1) is 15.2. The molecule has 1 aliphatic rings. The van der Waals surface area contributed by atoms with Gasteiger partial charge in [-0.05, 0) is 24.7 Å². The first-order valence-corrected chi connectivity index (χ1v) is 11.0. The van der Waals surface area contributed by atoms with E-state index in [1.54, 1.807) is 7.11 Å². The van der Waals surface area contributed by atoms with Gasteiger partial charge in [-0.2, -0.15) is 0 Å². The van der Waals surface area contributed by atoms with Gasteiger partial charge < -0.3 is 19.9 Å². The zero-order valence-corrected chi connectivity index (χ0v) is 18.8. The third kappa shape index (κ3) is 5.27. The Bertz CT molecular complexity index is 1010. The van der Waals surface area contributed by atoms with Crippen molar-refractivity contribution < 1.29 is 4.74 Å². The molecule has 1 N–H and O–H groups in total. The van der Waals surface area contributed by atoms with Crippen molar-refractivity contribution in [3.63, 3.8) is 0 Å². The van der Waals surface area contributed by atoms with Crippen LogP contribution in [0.25, 0.3) is 11.3 Å². The molecule has 0 atom stereocenters. The molecule has 0 spiro atoms. The van der Waals surface area contributed by atoms with Crippen molar-refractivity contribution in [1.82, 2.24) is 14.9 Å². The normalized spacial score (nSPS) is 14.5. The minimum Gasteiger partial charge on any atom is -0.495 e. The van der Waals surface area contributed by atoms with Gasteiger partial charge in [0.25, 0.3) is 0 Å². The lowest BCUT2D eigenvalue weighted by Gasteiger charge is -2.35. The number of nitrogens with one attached hydrogen (secondary N) is 1. The molecule has 0 saturated carbocycles. The average Bonchev–Trinajstić information content (AvgIpc) is 2.83. The molecule has 1 aliphatic heterocycles.